The van der Waals surface area contributed by atoms with Crippen molar-refractivity contribution in [2.45, 2.75) is 18.5 Å². The van der Waals surface area contributed by atoms with Crippen LogP contribution in [0.25, 0.3) is 0 Å². The third-order valence-electron chi connectivity index (χ3n) is 2.40. The van der Waals surface area contributed by atoms with E-state index in [9.17, 15) is 9.59 Å². The number of aliphatic hydroxyl groups excluding tert-OH is 1. The lowest BCUT2D eigenvalue weighted by atomic mass is 10.1. The molecule has 0 fully saturated rings. The van der Waals surface area contributed by atoms with Gasteiger partial charge >= 0.3 is 5.97 Å². The van der Waals surface area contributed by atoms with Gasteiger partial charge in [-0.1, -0.05) is 0 Å². The van der Waals surface area contributed by atoms with Crippen molar-refractivity contribution in [1.29, 1.82) is 0 Å². The van der Waals surface area contributed by atoms with Crippen molar-refractivity contribution >= 4 is 11.9 Å². The molecular formula is C10H16N4O4. The predicted octanol–water partition coefficient (Wildman–Crippen LogP) is -1.63. The van der Waals surface area contributed by atoms with Crippen LogP contribution in [0, 0.1) is 0 Å². The number of carbonyl (C=O) groups is 2. The van der Waals surface area contributed by atoms with E-state index in [1.54, 1.807) is 13.2 Å². The molecule has 8 heteroatoms. The smallest absolute Gasteiger partial charge is 0.326 e. The molecule has 100 valence electrons. The fraction of sp³-hybridized carbons (Fsp3) is 0.500. The first-order valence-corrected chi connectivity index (χ1v) is 5.34. The number of aromatic nitrogens is 2. The minimum Gasteiger partial charge on any atom is -0.480 e. The molecule has 1 rings (SSSR count). The number of aryl methyl sites for hydroxylation is 1. The second-order valence-electron chi connectivity index (χ2n) is 3.84. The van der Waals surface area contributed by atoms with E-state index in [0.717, 1.165) is 0 Å². The van der Waals surface area contributed by atoms with E-state index in [0.29, 0.717) is 5.56 Å². The zero-order valence-corrected chi connectivity index (χ0v) is 9.91. The van der Waals surface area contributed by atoms with Crippen LogP contribution in [0.3, 0.4) is 0 Å². The number of carboxylic acid groups (broad SMARTS) is 1. The van der Waals surface area contributed by atoms with E-state index in [1.807, 2.05) is 0 Å². The van der Waals surface area contributed by atoms with Crippen LogP contribution < -0.4 is 11.1 Å². The third-order valence-corrected chi connectivity index (χ3v) is 2.40. The molecule has 0 bridgehead atoms. The van der Waals surface area contributed by atoms with Gasteiger partial charge in [0.25, 0.3) is 0 Å². The first-order chi connectivity index (χ1) is 8.45. The molecule has 18 heavy (non-hydrogen) atoms. The fourth-order valence-corrected chi connectivity index (χ4v) is 1.40. The molecule has 1 amide bonds. The second kappa shape index (κ2) is 6.12. The molecular weight excluding hydrogens is 240 g/mol. The number of aliphatic carboxylic acids is 1. The number of rotatable bonds is 6. The van der Waals surface area contributed by atoms with Crippen molar-refractivity contribution in [2.24, 2.45) is 12.8 Å². The van der Waals surface area contributed by atoms with Crippen LogP contribution in [0.2, 0.25) is 0 Å². The van der Waals surface area contributed by atoms with Crippen LogP contribution in [0.5, 0.6) is 0 Å². The van der Waals surface area contributed by atoms with Crippen molar-refractivity contribution in [2.75, 3.05) is 6.61 Å². The summed E-state index contributed by atoms with van der Waals surface area (Å²) in [7, 11) is 1.68. The molecule has 0 spiro atoms. The van der Waals surface area contributed by atoms with Gasteiger partial charge in [-0.3, -0.25) is 9.48 Å². The highest BCUT2D eigenvalue weighted by Crippen LogP contribution is 2.09. The van der Waals surface area contributed by atoms with Crippen molar-refractivity contribution in [3.63, 3.8) is 0 Å². The lowest BCUT2D eigenvalue weighted by molar-refractivity contribution is -0.142. The van der Waals surface area contributed by atoms with Gasteiger partial charge in [0.05, 0.1) is 6.20 Å². The molecule has 0 saturated carbocycles. The molecule has 2 atom stereocenters. The largest absolute Gasteiger partial charge is 0.480 e. The Morgan fingerprint density at radius 3 is 2.72 bits per heavy atom. The Bertz CT molecular complexity index is 431. The van der Waals surface area contributed by atoms with E-state index in [2.05, 4.69) is 10.4 Å². The molecule has 0 aliphatic heterocycles. The molecule has 8 nitrogen and oxygen atoms in total. The number of nitrogens with one attached hydrogen (secondary N) is 1. The zero-order chi connectivity index (χ0) is 13.7. The molecule has 1 aromatic rings. The number of carboxylic acids is 1. The van der Waals surface area contributed by atoms with Gasteiger partial charge in [-0.15, -0.1) is 0 Å². The van der Waals surface area contributed by atoms with Gasteiger partial charge in [-0.2, -0.15) is 5.10 Å². The maximum absolute atomic E-state index is 11.7. The Labute approximate surface area is 103 Å². The fourth-order valence-electron chi connectivity index (χ4n) is 1.40. The van der Waals surface area contributed by atoms with E-state index in [4.69, 9.17) is 15.9 Å². The monoisotopic (exact) mass is 256 g/mol. The number of nitrogens with zero attached hydrogens (tertiary/aromatic N) is 2. The van der Waals surface area contributed by atoms with Gasteiger partial charge in [0.2, 0.25) is 5.91 Å². The summed E-state index contributed by atoms with van der Waals surface area (Å²) in [6, 6.07) is -2.13. The van der Waals surface area contributed by atoms with Gasteiger partial charge in [0.1, 0.15) is 12.1 Å². The molecule has 1 heterocycles. The molecule has 0 aromatic carbocycles. The average molecular weight is 256 g/mol. The highest BCUT2D eigenvalue weighted by molar-refractivity contribution is 5.87. The van der Waals surface area contributed by atoms with Crippen molar-refractivity contribution < 1.29 is 19.8 Å². The number of amides is 1. The Morgan fingerprint density at radius 1 is 1.61 bits per heavy atom. The first-order valence-electron chi connectivity index (χ1n) is 5.34. The molecule has 5 N–H and O–H groups in total. The van der Waals surface area contributed by atoms with Crippen molar-refractivity contribution in [1.82, 2.24) is 15.1 Å². The third kappa shape index (κ3) is 3.54. The molecule has 0 aliphatic rings. The normalized spacial score (nSPS) is 13.9. The van der Waals surface area contributed by atoms with E-state index < -0.39 is 24.0 Å². The summed E-state index contributed by atoms with van der Waals surface area (Å²) in [6.45, 7) is -0.334. The summed E-state index contributed by atoms with van der Waals surface area (Å²) in [5.74, 6) is -1.83. The minimum atomic E-state index is -1.21. The summed E-state index contributed by atoms with van der Waals surface area (Å²) in [4.78, 5) is 22.5. The second-order valence-corrected chi connectivity index (χ2v) is 3.84. The highest BCUT2D eigenvalue weighted by atomic mass is 16.4. The van der Waals surface area contributed by atoms with Gasteiger partial charge in [-0.05, 0) is 0 Å². The van der Waals surface area contributed by atoms with Crippen LogP contribution in [-0.2, 0) is 16.6 Å². The Morgan fingerprint density at radius 2 is 2.28 bits per heavy atom. The van der Waals surface area contributed by atoms with E-state index in [-0.39, 0.29) is 13.0 Å². The number of hydrogen-bond donors (Lipinski definition) is 4. The minimum absolute atomic E-state index is 0.0686. The maximum Gasteiger partial charge on any atom is 0.326 e. The van der Waals surface area contributed by atoms with Crippen molar-refractivity contribution in [3.8, 4) is 0 Å². The van der Waals surface area contributed by atoms with Gasteiger partial charge in [-0.25, -0.2) is 4.79 Å². The number of nitrogens with two attached hydrogens (primary N) is 1. The summed E-state index contributed by atoms with van der Waals surface area (Å²) in [5.41, 5.74) is 6.16. The predicted molar refractivity (Wildman–Crippen MR) is 61.4 cm³/mol. The lowest BCUT2D eigenvalue weighted by Crippen LogP contribution is -2.45. The Balaban J connectivity index is 2.66. The molecule has 0 radical (unpaired) electrons. The molecule has 0 aliphatic carbocycles. The van der Waals surface area contributed by atoms with Gasteiger partial charge in [0.15, 0.2) is 0 Å². The Kier molecular flexibility index (Phi) is 4.81. The topological polar surface area (TPSA) is 130 Å². The highest BCUT2D eigenvalue weighted by Gasteiger charge is 2.24. The Hall–Kier alpha value is -1.93. The van der Waals surface area contributed by atoms with Crippen LogP contribution >= 0.6 is 0 Å². The molecule has 1 aromatic heterocycles. The number of hydrogen-bond acceptors (Lipinski definition) is 5. The lowest BCUT2D eigenvalue weighted by Gasteiger charge is -2.16. The zero-order valence-electron chi connectivity index (χ0n) is 9.91. The molecule has 1 unspecified atom stereocenters. The maximum atomic E-state index is 11.7. The summed E-state index contributed by atoms with van der Waals surface area (Å²) in [6.07, 6.45) is 2.94. The van der Waals surface area contributed by atoms with Crippen LogP contribution in [0.4, 0.5) is 0 Å². The summed E-state index contributed by atoms with van der Waals surface area (Å²) < 4.78 is 1.49. The van der Waals surface area contributed by atoms with Crippen molar-refractivity contribution in [3.05, 3.63) is 18.0 Å². The van der Waals surface area contributed by atoms with Crippen LogP contribution in [0.15, 0.2) is 12.4 Å². The summed E-state index contributed by atoms with van der Waals surface area (Å²) in [5, 5.41) is 23.7. The average Bonchev–Trinajstić information content (AvgIpc) is 2.74. The number of carbonyl (C=O) groups excluding carboxylic acids is 1. The SMILES string of the molecule is Cn1cc(C(N)C(=O)N[C@H](CCO)C(=O)O)cn1. The van der Waals surface area contributed by atoms with E-state index >= 15 is 0 Å². The number of aliphatic hydroxyl groups is 1. The van der Waals surface area contributed by atoms with Gasteiger partial charge in [0, 0.05) is 31.8 Å². The standard InChI is InChI=1S/C10H16N4O4/c1-14-5-6(4-12-14)8(11)9(16)13-7(2-3-15)10(17)18/h4-5,7-8,15H,2-3,11H2,1H3,(H,13,16)(H,17,18)/t7-,8?/m1/s1. The van der Waals surface area contributed by atoms with E-state index in [1.165, 1.54) is 10.9 Å². The molecule has 0 saturated heterocycles. The van der Waals surface area contributed by atoms with Crippen LogP contribution in [0.1, 0.15) is 18.0 Å². The first kappa shape index (κ1) is 14.1. The quantitative estimate of drug-likeness (QED) is 0.483. The van der Waals surface area contributed by atoms with Crippen LogP contribution in [-0.4, -0.2) is 44.5 Å². The van der Waals surface area contributed by atoms with Gasteiger partial charge < -0.3 is 21.3 Å². The summed E-state index contributed by atoms with van der Waals surface area (Å²) >= 11 is 0.